The SMILES string of the molecule is N#Cc1c(-c2ccco2)nc2n(c1=O)CN(Cc1ccccc1)CS2. The third-order valence-electron chi connectivity index (χ3n) is 3.97. The van der Waals surface area contributed by atoms with Crippen LogP contribution in [0.5, 0.6) is 0 Å². The van der Waals surface area contributed by atoms with Crippen LogP contribution in [0.2, 0.25) is 0 Å². The number of hydrogen-bond donors (Lipinski definition) is 0. The van der Waals surface area contributed by atoms with Gasteiger partial charge in [0.1, 0.15) is 17.3 Å². The summed E-state index contributed by atoms with van der Waals surface area (Å²) >= 11 is 1.49. The van der Waals surface area contributed by atoms with Crippen molar-refractivity contribution >= 4 is 11.8 Å². The Hall–Kier alpha value is -2.82. The molecule has 0 aliphatic carbocycles. The maximum Gasteiger partial charge on any atom is 0.273 e. The first-order valence-electron chi connectivity index (χ1n) is 7.74. The second-order valence-corrected chi connectivity index (χ2v) is 6.58. The van der Waals surface area contributed by atoms with E-state index < -0.39 is 0 Å². The molecule has 0 saturated heterocycles. The molecule has 7 heteroatoms. The Balaban J connectivity index is 1.69. The summed E-state index contributed by atoms with van der Waals surface area (Å²) in [5.41, 5.74) is 1.18. The highest BCUT2D eigenvalue weighted by Gasteiger charge is 2.24. The molecule has 0 bridgehead atoms. The molecule has 0 spiro atoms. The zero-order valence-electron chi connectivity index (χ0n) is 13.3. The third-order valence-corrected chi connectivity index (χ3v) is 5.03. The van der Waals surface area contributed by atoms with Crippen LogP contribution in [0, 0.1) is 11.3 Å². The topological polar surface area (TPSA) is 75.1 Å². The number of nitrogens with zero attached hydrogens (tertiary/aromatic N) is 4. The Labute approximate surface area is 148 Å². The van der Waals surface area contributed by atoms with Gasteiger partial charge in [-0.05, 0) is 17.7 Å². The molecule has 2 aromatic heterocycles. The monoisotopic (exact) mass is 350 g/mol. The minimum absolute atomic E-state index is 0.0147. The largest absolute Gasteiger partial charge is 0.463 e. The van der Waals surface area contributed by atoms with Crippen LogP contribution in [0.15, 0.2) is 63.1 Å². The van der Waals surface area contributed by atoms with E-state index in [2.05, 4.69) is 22.0 Å². The molecule has 3 aromatic rings. The second kappa shape index (κ2) is 6.59. The van der Waals surface area contributed by atoms with Gasteiger partial charge in [-0.15, -0.1) is 0 Å². The smallest absolute Gasteiger partial charge is 0.273 e. The molecule has 0 fully saturated rings. The van der Waals surface area contributed by atoms with Crippen LogP contribution in [0.3, 0.4) is 0 Å². The average Bonchev–Trinajstić information content (AvgIpc) is 3.17. The number of thioether (sulfide) groups is 1. The molecule has 0 unspecified atom stereocenters. The maximum absolute atomic E-state index is 12.8. The summed E-state index contributed by atoms with van der Waals surface area (Å²) in [6.07, 6.45) is 1.50. The fraction of sp³-hybridized carbons (Fsp3) is 0.167. The lowest BCUT2D eigenvalue weighted by Gasteiger charge is -2.29. The van der Waals surface area contributed by atoms with E-state index in [1.54, 1.807) is 16.7 Å². The zero-order valence-corrected chi connectivity index (χ0v) is 14.1. The normalized spacial score (nSPS) is 14.0. The number of benzene rings is 1. The van der Waals surface area contributed by atoms with Crippen molar-refractivity contribution in [3.63, 3.8) is 0 Å². The van der Waals surface area contributed by atoms with Crippen LogP contribution < -0.4 is 5.56 Å². The standard InChI is InChI=1S/C18H14N4O2S/c19-9-14-16(15-7-4-8-24-15)20-18-22(17(14)23)11-21(12-25-18)10-13-5-2-1-3-6-13/h1-8H,10-12H2. The van der Waals surface area contributed by atoms with Crippen molar-refractivity contribution in [1.82, 2.24) is 14.5 Å². The predicted octanol–water partition coefficient (Wildman–Crippen LogP) is 2.90. The van der Waals surface area contributed by atoms with Crippen LogP contribution >= 0.6 is 11.8 Å². The molecule has 0 radical (unpaired) electrons. The van der Waals surface area contributed by atoms with Gasteiger partial charge in [0, 0.05) is 6.54 Å². The third kappa shape index (κ3) is 2.97. The Morgan fingerprint density at radius 2 is 2.08 bits per heavy atom. The van der Waals surface area contributed by atoms with Gasteiger partial charge >= 0.3 is 0 Å². The van der Waals surface area contributed by atoms with Gasteiger partial charge in [-0.3, -0.25) is 14.3 Å². The summed E-state index contributed by atoms with van der Waals surface area (Å²) in [6, 6.07) is 15.5. The van der Waals surface area contributed by atoms with Gasteiger partial charge in [-0.2, -0.15) is 5.26 Å². The van der Waals surface area contributed by atoms with Crippen molar-refractivity contribution in [1.29, 1.82) is 5.26 Å². The molecule has 3 heterocycles. The molecular weight excluding hydrogens is 336 g/mol. The molecule has 1 aliphatic rings. The van der Waals surface area contributed by atoms with Gasteiger partial charge in [0.15, 0.2) is 10.9 Å². The predicted molar refractivity (Wildman–Crippen MR) is 93.6 cm³/mol. The summed E-state index contributed by atoms with van der Waals surface area (Å²) in [6.45, 7) is 1.15. The Bertz CT molecular complexity index is 990. The van der Waals surface area contributed by atoms with Gasteiger partial charge in [-0.25, -0.2) is 4.98 Å². The summed E-state index contributed by atoms with van der Waals surface area (Å²) < 4.78 is 6.88. The van der Waals surface area contributed by atoms with Crippen molar-refractivity contribution in [3.05, 3.63) is 70.2 Å². The quantitative estimate of drug-likeness (QED) is 0.676. The fourth-order valence-corrected chi connectivity index (χ4v) is 3.71. The Morgan fingerprint density at radius 1 is 1.24 bits per heavy atom. The van der Waals surface area contributed by atoms with Gasteiger partial charge in [0.25, 0.3) is 5.56 Å². The van der Waals surface area contributed by atoms with Crippen LogP contribution in [0.1, 0.15) is 11.1 Å². The highest BCUT2D eigenvalue weighted by atomic mass is 32.2. The van der Waals surface area contributed by atoms with Crippen LogP contribution in [0.4, 0.5) is 0 Å². The molecule has 124 valence electrons. The minimum atomic E-state index is -0.329. The van der Waals surface area contributed by atoms with Crippen molar-refractivity contribution in [2.75, 3.05) is 5.88 Å². The van der Waals surface area contributed by atoms with Crippen molar-refractivity contribution in [2.24, 2.45) is 0 Å². The Kier molecular flexibility index (Phi) is 4.14. The molecule has 6 nitrogen and oxygen atoms in total. The first-order chi connectivity index (χ1) is 12.3. The van der Waals surface area contributed by atoms with Gasteiger partial charge in [0.05, 0.1) is 18.8 Å². The van der Waals surface area contributed by atoms with E-state index in [0.29, 0.717) is 23.3 Å². The van der Waals surface area contributed by atoms with Crippen molar-refractivity contribution < 1.29 is 4.42 Å². The maximum atomic E-state index is 12.8. The van der Waals surface area contributed by atoms with E-state index in [-0.39, 0.29) is 11.1 Å². The molecule has 0 N–H and O–H groups in total. The summed E-state index contributed by atoms with van der Waals surface area (Å²) in [5.74, 6) is 1.16. The summed E-state index contributed by atoms with van der Waals surface area (Å²) in [4.78, 5) is 19.4. The highest BCUT2D eigenvalue weighted by Crippen LogP contribution is 2.27. The van der Waals surface area contributed by atoms with E-state index >= 15 is 0 Å². The first kappa shape index (κ1) is 15.7. The van der Waals surface area contributed by atoms with Crippen LogP contribution in [0.25, 0.3) is 11.5 Å². The van der Waals surface area contributed by atoms with Gasteiger partial charge in [0.2, 0.25) is 0 Å². The number of hydrogen-bond acceptors (Lipinski definition) is 6. The van der Waals surface area contributed by atoms with Crippen LogP contribution in [-0.4, -0.2) is 20.3 Å². The number of rotatable bonds is 3. The Morgan fingerprint density at radius 3 is 2.80 bits per heavy atom. The number of fused-ring (bicyclic) bond motifs is 1. The molecule has 0 saturated carbocycles. The average molecular weight is 350 g/mol. The molecule has 0 amide bonds. The molecule has 0 atom stereocenters. The van der Waals surface area contributed by atoms with E-state index in [4.69, 9.17) is 4.42 Å². The number of nitriles is 1. The minimum Gasteiger partial charge on any atom is -0.463 e. The molecule has 4 rings (SSSR count). The molecule has 25 heavy (non-hydrogen) atoms. The lowest BCUT2D eigenvalue weighted by molar-refractivity contribution is 0.222. The second-order valence-electron chi connectivity index (χ2n) is 5.67. The summed E-state index contributed by atoms with van der Waals surface area (Å²) in [5, 5.41) is 10.0. The molecule has 1 aromatic carbocycles. The number of furan rings is 1. The van der Waals surface area contributed by atoms with Crippen LogP contribution in [-0.2, 0) is 13.2 Å². The van der Waals surface area contributed by atoms with Crippen molar-refractivity contribution in [3.8, 4) is 17.5 Å². The zero-order chi connectivity index (χ0) is 17.2. The lowest BCUT2D eigenvalue weighted by atomic mass is 10.2. The number of aromatic nitrogens is 2. The first-order valence-corrected chi connectivity index (χ1v) is 8.72. The summed E-state index contributed by atoms with van der Waals surface area (Å²) in [7, 11) is 0. The van der Waals surface area contributed by atoms with Gasteiger partial charge in [-0.1, -0.05) is 42.1 Å². The highest BCUT2D eigenvalue weighted by molar-refractivity contribution is 7.99. The molecule has 1 aliphatic heterocycles. The van der Waals surface area contributed by atoms with E-state index in [1.807, 2.05) is 24.3 Å². The molecular formula is C18H14N4O2S. The van der Waals surface area contributed by atoms with Gasteiger partial charge < -0.3 is 4.42 Å². The van der Waals surface area contributed by atoms with E-state index in [9.17, 15) is 10.1 Å². The fourth-order valence-electron chi connectivity index (χ4n) is 2.79. The van der Waals surface area contributed by atoms with E-state index in [1.165, 1.54) is 23.6 Å². The lowest BCUT2D eigenvalue weighted by Crippen LogP contribution is -2.38. The van der Waals surface area contributed by atoms with Crippen molar-refractivity contribution in [2.45, 2.75) is 18.4 Å². The van der Waals surface area contributed by atoms with E-state index in [0.717, 1.165) is 12.4 Å².